The molecule has 2 heterocycles. The van der Waals surface area contributed by atoms with Gasteiger partial charge in [-0.1, -0.05) is 0 Å². The predicted molar refractivity (Wildman–Crippen MR) is 73.7 cm³/mol. The van der Waals surface area contributed by atoms with Crippen LogP contribution in [0.3, 0.4) is 0 Å². The molecule has 0 bridgehead atoms. The molecule has 1 unspecified atom stereocenters. The molecule has 0 radical (unpaired) electrons. The highest BCUT2D eigenvalue weighted by molar-refractivity contribution is 5.85. The van der Waals surface area contributed by atoms with Crippen molar-refractivity contribution in [2.45, 2.75) is 25.7 Å². The van der Waals surface area contributed by atoms with Crippen molar-refractivity contribution in [2.24, 2.45) is 5.92 Å². The van der Waals surface area contributed by atoms with E-state index in [1.165, 1.54) is 19.4 Å². The lowest BCUT2D eigenvalue weighted by molar-refractivity contribution is -0.144. The van der Waals surface area contributed by atoms with Crippen LogP contribution in [0.4, 0.5) is 0 Å². The Labute approximate surface area is 115 Å². The smallest absolute Gasteiger partial charge is 0.241 e. The number of likely N-dealkylation sites (N-methyl/N-ethyl adjacent to an activating group) is 1. The van der Waals surface area contributed by atoms with E-state index in [4.69, 9.17) is 0 Å². The molecule has 0 aromatic rings. The summed E-state index contributed by atoms with van der Waals surface area (Å²) < 4.78 is 0. The molecule has 0 N–H and O–H groups in total. The molecule has 2 rings (SSSR count). The number of likely N-dealkylation sites (tertiary alicyclic amines) is 1. The van der Waals surface area contributed by atoms with Crippen molar-refractivity contribution in [3.05, 3.63) is 0 Å². The van der Waals surface area contributed by atoms with Crippen LogP contribution in [0.1, 0.15) is 25.7 Å². The zero-order valence-electron chi connectivity index (χ0n) is 12.1. The Morgan fingerprint density at radius 2 is 2.05 bits per heavy atom. The van der Waals surface area contributed by atoms with Crippen molar-refractivity contribution >= 4 is 11.8 Å². The minimum absolute atomic E-state index is 0.0528. The summed E-state index contributed by atoms with van der Waals surface area (Å²) in [5.74, 6) is 0.845. The maximum Gasteiger partial charge on any atom is 0.241 e. The van der Waals surface area contributed by atoms with Gasteiger partial charge in [-0.3, -0.25) is 9.59 Å². The predicted octanol–water partition coefficient (Wildman–Crippen LogP) is 0.409. The van der Waals surface area contributed by atoms with E-state index >= 15 is 0 Å². The van der Waals surface area contributed by atoms with Gasteiger partial charge in [0.2, 0.25) is 11.8 Å². The average molecular weight is 267 g/mol. The van der Waals surface area contributed by atoms with Gasteiger partial charge in [-0.2, -0.15) is 0 Å². The lowest BCUT2D eigenvalue weighted by atomic mass is 9.93. The van der Waals surface area contributed by atoms with E-state index in [2.05, 4.69) is 11.9 Å². The van der Waals surface area contributed by atoms with Crippen LogP contribution in [0.25, 0.3) is 0 Å². The first-order chi connectivity index (χ1) is 9.06. The van der Waals surface area contributed by atoms with Gasteiger partial charge < -0.3 is 14.7 Å². The zero-order valence-corrected chi connectivity index (χ0v) is 12.1. The first kappa shape index (κ1) is 14.3. The largest absolute Gasteiger partial charge is 0.342 e. The molecule has 2 aliphatic rings. The molecule has 0 aliphatic carbocycles. The first-order valence-corrected chi connectivity index (χ1v) is 7.26. The van der Waals surface area contributed by atoms with E-state index in [1.807, 2.05) is 0 Å². The summed E-state index contributed by atoms with van der Waals surface area (Å²) in [5.41, 5.74) is 0. The number of hydrogen-bond acceptors (Lipinski definition) is 3. The van der Waals surface area contributed by atoms with Crippen molar-refractivity contribution in [2.75, 3.05) is 46.8 Å². The summed E-state index contributed by atoms with van der Waals surface area (Å²) >= 11 is 0. The highest BCUT2D eigenvalue weighted by Crippen LogP contribution is 2.20. The number of amides is 2. The third-order valence-electron chi connectivity index (χ3n) is 4.30. The summed E-state index contributed by atoms with van der Waals surface area (Å²) in [6, 6.07) is 0. The highest BCUT2D eigenvalue weighted by atomic mass is 16.2. The van der Waals surface area contributed by atoms with E-state index in [1.54, 1.807) is 16.8 Å². The molecule has 2 aliphatic heterocycles. The van der Waals surface area contributed by atoms with Crippen LogP contribution in [0, 0.1) is 5.92 Å². The molecule has 108 valence electrons. The van der Waals surface area contributed by atoms with Crippen LogP contribution >= 0.6 is 0 Å². The molecule has 2 fully saturated rings. The van der Waals surface area contributed by atoms with Gasteiger partial charge >= 0.3 is 0 Å². The number of nitrogens with zero attached hydrogens (tertiary/aromatic N) is 3. The van der Waals surface area contributed by atoms with E-state index in [0.29, 0.717) is 25.4 Å². The molecule has 1 atom stereocenters. The standard InChI is InChI=1S/C14H25N3O2/c1-15-7-3-4-12(10-15)5-6-13(18)17-9-8-16(2)14(19)11-17/h12H,3-11H2,1-2H3. The second-order valence-electron chi connectivity index (χ2n) is 5.94. The fourth-order valence-electron chi connectivity index (χ4n) is 2.97. The Morgan fingerprint density at radius 3 is 2.74 bits per heavy atom. The molecule has 0 aromatic carbocycles. The number of piperazine rings is 1. The lowest BCUT2D eigenvalue weighted by Gasteiger charge is -2.33. The van der Waals surface area contributed by atoms with Crippen molar-refractivity contribution in [3.63, 3.8) is 0 Å². The van der Waals surface area contributed by atoms with Gasteiger partial charge in [0, 0.05) is 33.1 Å². The Morgan fingerprint density at radius 1 is 1.26 bits per heavy atom. The Balaban J connectivity index is 1.73. The third kappa shape index (κ3) is 3.93. The quantitative estimate of drug-likeness (QED) is 0.744. The summed E-state index contributed by atoms with van der Waals surface area (Å²) in [7, 11) is 3.94. The summed E-state index contributed by atoms with van der Waals surface area (Å²) in [5, 5.41) is 0. The normalized spacial score (nSPS) is 25.8. The molecule has 2 saturated heterocycles. The maximum atomic E-state index is 12.1. The number of carbonyl (C=O) groups is 2. The molecular weight excluding hydrogens is 242 g/mol. The molecule has 5 heteroatoms. The van der Waals surface area contributed by atoms with Gasteiger partial charge in [0.1, 0.15) is 0 Å². The van der Waals surface area contributed by atoms with Crippen LogP contribution in [-0.2, 0) is 9.59 Å². The van der Waals surface area contributed by atoms with Crippen LogP contribution < -0.4 is 0 Å². The Hall–Kier alpha value is -1.10. The average Bonchev–Trinajstić information content (AvgIpc) is 2.39. The van der Waals surface area contributed by atoms with E-state index in [-0.39, 0.29) is 18.4 Å². The summed E-state index contributed by atoms with van der Waals surface area (Å²) in [6.07, 6.45) is 4.03. The first-order valence-electron chi connectivity index (χ1n) is 7.26. The fraction of sp³-hybridized carbons (Fsp3) is 0.857. The fourth-order valence-corrected chi connectivity index (χ4v) is 2.97. The van der Waals surface area contributed by atoms with Gasteiger partial charge in [0.05, 0.1) is 6.54 Å². The highest BCUT2D eigenvalue weighted by Gasteiger charge is 2.25. The molecule has 2 amide bonds. The van der Waals surface area contributed by atoms with Gasteiger partial charge in [0.25, 0.3) is 0 Å². The van der Waals surface area contributed by atoms with Crippen molar-refractivity contribution in [1.29, 1.82) is 0 Å². The van der Waals surface area contributed by atoms with Crippen LogP contribution in [0.2, 0.25) is 0 Å². The number of piperidine rings is 1. The monoisotopic (exact) mass is 267 g/mol. The zero-order chi connectivity index (χ0) is 13.8. The van der Waals surface area contributed by atoms with Gasteiger partial charge in [-0.05, 0) is 38.8 Å². The molecule has 0 aromatic heterocycles. The molecule has 5 nitrogen and oxygen atoms in total. The SMILES string of the molecule is CN1CCCC(CCC(=O)N2CCN(C)C(=O)C2)C1. The number of hydrogen-bond donors (Lipinski definition) is 0. The third-order valence-corrected chi connectivity index (χ3v) is 4.30. The van der Waals surface area contributed by atoms with Gasteiger partial charge in [0.15, 0.2) is 0 Å². The summed E-state index contributed by atoms with van der Waals surface area (Å²) in [6.45, 7) is 3.90. The second-order valence-corrected chi connectivity index (χ2v) is 5.94. The van der Waals surface area contributed by atoms with Crippen LogP contribution in [0.15, 0.2) is 0 Å². The van der Waals surface area contributed by atoms with Gasteiger partial charge in [-0.25, -0.2) is 0 Å². The van der Waals surface area contributed by atoms with Crippen molar-refractivity contribution in [1.82, 2.24) is 14.7 Å². The van der Waals surface area contributed by atoms with Crippen molar-refractivity contribution < 1.29 is 9.59 Å². The second kappa shape index (κ2) is 6.37. The number of carbonyl (C=O) groups excluding carboxylic acids is 2. The van der Waals surface area contributed by atoms with Crippen molar-refractivity contribution in [3.8, 4) is 0 Å². The Kier molecular flexibility index (Phi) is 4.80. The topological polar surface area (TPSA) is 43.9 Å². The lowest BCUT2D eigenvalue weighted by Crippen LogP contribution is -2.50. The van der Waals surface area contributed by atoms with Crippen LogP contribution in [-0.4, -0.2) is 73.3 Å². The molecular formula is C14H25N3O2. The van der Waals surface area contributed by atoms with E-state index in [9.17, 15) is 9.59 Å². The number of rotatable bonds is 3. The minimum Gasteiger partial charge on any atom is -0.342 e. The maximum absolute atomic E-state index is 12.1. The summed E-state index contributed by atoms with van der Waals surface area (Å²) in [4.78, 5) is 29.5. The molecule has 19 heavy (non-hydrogen) atoms. The minimum atomic E-state index is 0.0528. The Bertz CT molecular complexity index is 346. The molecule has 0 saturated carbocycles. The van der Waals surface area contributed by atoms with E-state index < -0.39 is 0 Å². The van der Waals surface area contributed by atoms with E-state index in [0.717, 1.165) is 13.0 Å². The van der Waals surface area contributed by atoms with Gasteiger partial charge in [-0.15, -0.1) is 0 Å². The molecule has 0 spiro atoms. The van der Waals surface area contributed by atoms with Crippen LogP contribution in [0.5, 0.6) is 0 Å².